The van der Waals surface area contributed by atoms with Crippen molar-refractivity contribution in [1.29, 1.82) is 0 Å². The molecule has 21 heavy (non-hydrogen) atoms. The van der Waals surface area contributed by atoms with Crippen LogP contribution in [0.1, 0.15) is 29.7 Å². The normalized spacial score (nSPS) is 14.6. The van der Waals surface area contributed by atoms with Gasteiger partial charge in [0.05, 0.1) is 12.6 Å². The lowest BCUT2D eigenvalue weighted by Gasteiger charge is -2.22. The lowest BCUT2D eigenvalue weighted by atomic mass is 9.96. The van der Waals surface area contributed by atoms with Crippen molar-refractivity contribution in [2.24, 2.45) is 0 Å². The topological polar surface area (TPSA) is 21.3 Å². The summed E-state index contributed by atoms with van der Waals surface area (Å²) in [7, 11) is 0. The molecule has 0 aliphatic carbocycles. The van der Waals surface area contributed by atoms with Crippen molar-refractivity contribution < 1.29 is 4.74 Å². The Bertz CT molecular complexity index is 659. The van der Waals surface area contributed by atoms with E-state index in [9.17, 15) is 0 Å². The first kappa shape index (κ1) is 15.3. The highest BCUT2D eigenvalue weighted by Gasteiger charge is 2.25. The van der Waals surface area contributed by atoms with E-state index in [1.165, 1.54) is 20.3 Å². The molecule has 3 rings (SSSR count). The maximum atomic E-state index is 5.91. The van der Waals surface area contributed by atoms with E-state index in [4.69, 9.17) is 4.74 Å². The standard InChI is InChI=1S/C17H17BrINO/c1-2-20-16(13-5-3-4-6-15(13)19)14-10-12(18)9-11-7-8-21-17(11)14/h3-6,9-10,16,20H,2,7-8H2,1H3. The lowest BCUT2D eigenvalue weighted by molar-refractivity contribution is 0.350. The first-order valence-electron chi connectivity index (χ1n) is 7.13. The average molecular weight is 458 g/mol. The van der Waals surface area contributed by atoms with Gasteiger partial charge in [-0.15, -0.1) is 0 Å². The molecule has 0 spiro atoms. The van der Waals surface area contributed by atoms with Crippen molar-refractivity contribution >= 4 is 38.5 Å². The van der Waals surface area contributed by atoms with Crippen molar-refractivity contribution in [3.63, 3.8) is 0 Å². The van der Waals surface area contributed by atoms with E-state index < -0.39 is 0 Å². The Hall–Kier alpha value is -0.590. The number of benzene rings is 2. The molecule has 1 aliphatic rings. The molecule has 0 radical (unpaired) electrons. The largest absolute Gasteiger partial charge is 0.493 e. The zero-order chi connectivity index (χ0) is 14.8. The second kappa shape index (κ2) is 6.67. The Morgan fingerprint density at radius 2 is 2.10 bits per heavy atom. The van der Waals surface area contributed by atoms with Gasteiger partial charge >= 0.3 is 0 Å². The van der Waals surface area contributed by atoms with E-state index >= 15 is 0 Å². The monoisotopic (exact) mass is 457 g/mol. The van der Waals surface area contributed by atoms with E-state index in [0.717, 1.165) is 29.8 Å². The van der Waals surface area contributed by atoms with Crippen LogP contribution < -0.4 is 10.1 Å². The average Bonchev–Trinajstić information content (AvgIpc) is 2.93. The number of hydrogen-bond acceptors (Lipinski definition) is 2. The van der Waals surface area contributed by atoms with Gasteiger partial charge in [-0.05, 0) is 58.5 Å². The Morgan fingerprint density at radius 3 is 2.86 bits per heavy atom. The summed E-state index contributed by atoms with van der Waals surface area (Å²) < 4.78 is 8.30. The molecule has 0 amide bonds. The summed E-state index contributed by atoms with van der Waals surface area (Å²) >= 11 is 6.05. The molecule has 1 unspecified atom stereocenters. The number of hydrogen-bond donors (Lipinski definition) is 1. The molecule has 0 saturated heterocycles. The van der Waals surface area contributed by atoms with Gasteiger partial charge in [0.1, 0.15) is 5.75 Å². The summed E-state index contributed by atoms with van der Waals surface area (Å²) in [5, 5.41) is 3.61. The molecule has 1 atom stereocenters. The molecule has 1 N–H and O–H groups in total. The number of halogens is 2. The van der Waals surface area contributed by atoms with E-state index in [0.29, 0.717) is 0 Å². The fraction of sp³-hybridized carbons (Fsp3) is 0.294. The molecular formula is C17H17BrINO. The zero-order valence-corrected chi connectivity index (χ0v) is 15.6. The summed E-state index contributed by atoms with van der Waals surface area (Å²) in [6.07, 6.45) is 0.993. The second-order valence-electron chi connectivity index (χ2n) is 5.09. The van der Waals surface area contributed by atoms with Gasteiger partial charge in [-0.3, -0.25) is 0 Å². The smallest absolute Gasteiger partial charge is 0.127 e. The van der Waals surface area contributed by atoms with E-state index in [1.807, 2.05) is 0 Å². The third-order valence-corrected chi connectivity index (χ3v) is 5.15. The predicted octanol–water partition coefficient (Wildman–Crippen LogP) is 4.69. The highest BCUT2D eigenvalue weighted by Crippen LogP contribution is 2.39. The first-order valence-corrected chi connectivity index (χ1v) is 9.00. The Kier molecular flexibility index (Phi) is 4.86. The quantitative estimate of drug-likeness (QED) is 0.672. The summed E-state index contributed by atoms with van der Waals surface area (Å²) in [5.41, 5.74) is 3.83. The highest BCUT2D eigenvalue weighted by atomic mass is 127. The fourth-order valence-corrected chi connectivity index (χ4v) is 4.03. The summed E-state index contributed by atoms with van der Waals surface area (Å²) in [5.74, 6) is 1.06. The second-order valence-corrected chi connectivity index (χ2v) is 7.17. The van der Waals surface area contributed by atoms with Gasteiger partial charge < -0.3 is 10.1 Å². The number of ether oxygens (including phenoxy) is 1. The fourth-order valence-electron chi connectivity index (χ4n) is 2.81. The molecule has 0 bridgehead atoms. The van der Waals surface area contributed by atoms with Crippen LogP contribution in [-0.2, 0) is 6.42 Å². The van der Waals surface area contributed by atoms with Crippen LogP contribution in [0.5, 0.6) is 5.75 Å². The van der Waals surface area contributed by atoms with Crippen LogP contribution in [0, 0.1) is 3.57 Å². The molecule has 0 fully saturated rings. The van der Waals surface area contributed by atoms with Crippen LogP contribution in [0.4, 0.5) is 0 Å². The molecule has 0 aromatic heterocycles. The van der Waals surface area contributed by atoms with Gasteiger partial charge in [0.25, 0.3) is 0 Å². The van der Waals surface area contributed by atoms with E-state index in [2.05, 4.69) is 87.2 Å². The van der Waals surface area contributed by atoms with Crippen molar-refractivity contribution in [2.75, 3.05) is 13.2 Å². The van der Waals surface area contributed by atoms with Gasteiger partial charge in [0, 0.05) is 20.0 Å². The van der Waals surface area contributed by atoms with Gasteiger partial charge in [-0.2, -0.15) is 0 Å². The minimum atomic E-state index is 0.160. The summed E-state index contributed by atoms with van der Waals surface area (Å²) in [6, 6.07) is 13.0. The molecule has 2 nitrogen and oxygen atoms in total. The molecule has 2 aromatic carbocycles. The number of rotatable bonds is 4. The first-order chi connectivity index (χ1) is 10.2. The van der Waals surface area contributed by atoms with Gasteiger partial charge in [-0.1, -0.05) is 41.1 Å². The van der Waals surface area contributed by atoms with Crippen LogP contribution >= 0.6 is 38.5 Å². The van der Waals surface area contributed by atoms with Gasteiger partial charge in [0.2, 0.25) is 0 Å². The zero-order valence-electron chi connectivity index (χ0n) is 11.8. The van der Waals surface area contributed by atoms with Crippen molar-refractivity contribution in [3.05, 3.63) is 61.1 Å². The molecule has 1 heterocycles. The van der Waals surface area contributed by atoms with Crippen LogP contribution in [0.25, 0.3) is 0 Å². The van der Waals surface area contributed by atoms with Gasteiger partial charge in [-0.25, -0.2) is 0 Å². The summed E-state index contributed by atoms with van der Waals surface area (Å²) in [4.78, 5) is 0. The molecular weight excluding hydrogens is 441 g/mol. The number of fused-ring (bicyclic) bond motifs is 1. The van der Waals surface area contributed by atoms with Crippen LogP contribution in [-0.4, -0.2) is 13.2 Å². The van der Waals surface area contributed by atoms with Crippen molar-refractivity contribution in [2.45, 2.75) is 19.4 Å². The third-order valence-electron chi connectivity index (χ3n) is 3.71. The maximum absolute atomic E-state index is 5.91. The van der Waals surface area contributed by atoms with E-state index in [1.54, 1.807) is 0 Å². The summed E-state index contributed by atoms with van der Waals surface area (Å²) in [6.45, 7) is 3.84. The molecule has 0 saturated carbocycles. The Morgan fingerprint density at radius 1 is 1.29 bits per heavy atom. The molecule has 4 heteroatoms. The van der Waals surface area contributed by atoms with Crippen LogP contribution in [0.3, 0.4) is 0 Å². The van der Waals surface area contributed by atoms with Crippen molar-refractivity contribution in [3.8, 4) is 5.75 Å². The van der Waals surface area contributed by atoms with Crippen LogP contribution in [0.15, 0.2) is 40.9 Å². The van der Waals surface area contributed by atoms with E-state index in [-0.39, 0.29) is 6.04 Å². The van der Waals surface area contributed by atoms with Crippen molar-refractivity contribution in [1.82, 2.24) is 5.32 Å². The molecule has 110 valence electrons. The van der Waals surface area contributed by atoms with Crippen LogP contribution in [0.2, 0.25) is 0 Å². The number of nitrogens with one attached hydrogen (secondary N) is 1. The Labute approximate surface area is 147 Å². The SMILES string of the molecule is CCNC(c1ccccc1I)c1cc(Br)cc2c1OCC2. The predicted molar refractivity (Wildman–Crippen MR) is 98.0 cm³/mol. The van der Waals surface area contributed by atoms with Gasteiger partial charge in [0.15, 0.2) is 0 Å². The maximum Gasteiger partial charge on any atom is 0.127 e. The molecule has 1 aliphatic heterocycles. The minimum absolute atomic E-state index is 0.160. The highest BCUT2D eigenvalue weighted by molar-refractivity contribution is 14.1. The third kappa shape index (κ3) is 3.12. The lowest BCUT2D eigenvalue weighted by Crippen LogP contribution is -2.23. The Balaban J connectivity index is 2.13. The molecule has 2 aromatic rings. The minimum Gasteiger partial charge on any atom is -0.493 e.